The number of sulfonamides is 1. The summed E-state index contributed by atoms with van der Waals surface area (Å²) in [5, 5.41) is 0. The lowest BCUT2D eigenvalue weighted by atomic mass is 9.81. The molecule has 17 heavy (non-hydrogen) atoms. The number of alkyl halides is 3. The van der Waals surface area contributed by atoms with Gasteiger partial charge in [-0.05, 0) is 18.8 Å². The summed E-state index contributed by atoms with van der Waals surface area (Å²) >= 11 is 0. The molecule has 0 spiro atoms. The molecule has 4 nitrogen and oxygen atoms in total. The smallest absolute Gasteiger partial charge is 0.381 e. The molecule has 1 N–H and O–H groups in total. The molecule has 1 fully saturated rings. The maximum absolute atomic E-state index is 12.3. The lowest BCUT2D eigenvalue weighted by molar-refractivity contribution is -0.0479. The van der Waals surface area contributed by atoms with E-state index in [1.54, 1.807) is 13.8 Å². The molecule has 0 aromatic rings. The van der Waals surface area contributed by atoms with E-state index in [9.17, 15) is 21.6 Å². The summed E-state index contributed by atoms with van der Waals surface area (Å²) in [4.78, 5) is 0. The molecule has 0 radical (unpaired) electrons. The predicted octanol–water partition coefficient (Wildman–Crippen LogP) is 1.63. The number of hydrogen-bond acceptors (Lipinski definition) is 3. The number of ether oxygens (including phenoxy) is 1. The van der Waals surface area contributed by atoms with E-state index in [0.29, 0.717) is 0 Å². The zero-order valence-corrected chi connectivity index (χ0v) is 10.5. The maximum Gasteiger partial charge on any atom is 0.511 e. The Hall–Kier alpha value is -0.340. The van der Waals surface area contributed by atoms with Gasteiger partial charge >= 0.3 is 15.5 Å². The van der Waals surface area contributed by atoms with Crippen LogP contribution in [0.1, 0.15) is 26.7 Å². The SMILES string of the molecule is CC(C)C1(NS(=O)(=O)C(F)(F)F)CCOCC1. The normalized spacial score (nSPS) is 21.8. The van der Waals surface area contributed by atoms with E-state index >= 15 is 0 Å². The summed E-state index contributed by atoms with van der Waals surface area (Å²) in [6.07, 6.45) is 0.500. The van der Waals surface area contributed by atoms with Crippen LogP contribution in [0.4, 0.5) is 13.2 Å². The van der Waals surface area contributed by atoms with Gasteiger partial charge < -0.3 is 4.74 Å². The standard InChI is InChI=1S/C9H16F3NO3S/c1-7(2)8(3-5-16-6-4-8)13-17(14,15)9(10,11)12/h7,13H,3-6H2,1-2H3. The van der Waals surface area contributed by atoms with Gasteiger partial charge in [-0.25, -0.2) is 13.1 Å². The van der Waals surface area contributed by atoms with Crippen molar-refractivity contribution in [3.05, 3.63) is 0 Å². The molecular formula is C9H16F3NO3S. The average Bonchev–Trinajstić information content (AvgIpc) is 2.16. The summed E-state index contributed by atoms with van der Waals surface area (Å²) in [5.74, 6) is -0.233. The molecule has 0 aliphatic carbocycles. The zero-order chi connectivity index (χ0) is 13.3. The second-order valence-electron chi connectivity index (χ2n) is 4.47. The van der Waals surface area contributed by atoms with Crippen molar-refractivity contribution in [2.24, 2.45) is 5.92 Å². The summed E-state index contributed by atoms with van der Waals surface area (Å²) in [6, 6.07) is 0. The van der Waals surface area contributed by atoms with Crippen LogP contribution in [-0.2, 0) is 14.8 Å². The van der Waals surface area contributed by atoms with Crippen molar-refractivity contribution in [1.82, 2.24) is 4.72 Å². The second kappa shape index (κ2) is 4.74. The van der Waals surface area contributed by atoms with Crippen LogP contribution in [-0.4, -0.2) is 32.7 Å². The number of rotatable bonds is 3. The van der Waals surface area contributed by atoms with Crippen LogP contribution < -0.4 is 4.72 Å². The molecule has 0 bridgehead atoms. The Morgan fingerprint density at radius 3 is 2.06 bits per heavy atom. The lowest BCUT2D eigenvalue weighted by Crippen LogP contribution is -2.57. The van der Waals surface area contributed by atoms with Crippen molar-refractivity contribution >= 4 is 10.0 Å². The fourth-order valence-corrected chi connectivity index (χ4v) is 2.95. The molecule has 102 valence electrons. The summed E-state index contributed by atoms with van der Waals surface area (Å²) in [6.45, 7) is 3.92. The third kappa shape index (κ3) is 3.11. The molecule has 0 amide bonds. The van der Waals surface area contributed by atoms with Crippen LogP contribution in [0.25, 0.3) is 0 Å². The van der Waals surface area contributed by atoms with Gasteiger partial charge in [0.2, 0.25) is 0 Å². The molecule has 0 unspecified atom stereocenters. The van der Waals surface area contributed by atoms with Crippen LogP contribution in [0.2, 0.25) is 0 Å². The molecule has 0 saturated carbocycles. The molecule has 0 aromatic heterocycles. The van der Waals surface area contributed by atoms with Gasteiger partial charge in [0.05, 0.1) is 0 Å². The van der Waals surface area contributed by atoms with Crippen LogP contribution in [0.5, 0.6) is 0 Å². The molecule has 1 aliphatic heterocycles. The average molecular weight is 275 g/mol. The number of hydrogen-bond donors (Lipinski definition) is 1. The molecular weight excluding hydrogens is 259 g/mol. The van der Waals surface area contributed by atoms with Gasteiger partial charge in [-0.15, -0.1) is 0 Å². The molecule has 0 atom stereocenters. The summed E-state index contributed by atoms with van der Waals surface area (Å²) in [5.41, 5.74) is -6.33. The first-order chi connectivity index (χ1) is 7.61. The van der Waals surface area contributed by atoms with E-state index < -0.39 is 21.1 Å². The quantitative estimate of drug-likeness (QED) is 0.851. The van der Waals surface area contributed by atoms with Crippen LogP contribution in [0, 0.1) is 5.92 Å². The van der Waals surface area contributed by atoms with Gasteiger partial charge in [0.15, 0.2) is 0 Å². The highest BCUT2D eigenvalue weighted by atomic mass is 32.2. The Kier molecular flexibility index (Phi) is 4.10. The fraction of sp³-hybridized carbons (Fsp3) is 1.00. The third-order valence-electron chi connectivity index (χ3n) is 3.13. The molecule has 1 saturated heterocycles. The fourth-order valence-electron chi connectivity index (χ4n) is 1.86. The Labute approximate surface area is 98.6 Å². The van der Waals surface area contributed by atoms with Gasteiger partial charge in [-0.2, -0.15) is 13.2 Å². The predicted molar refractivity (Wildman–Crippen MR) is 55.7 cm³/mol. The highest BCUT2D eigenvalue weighted by Crippen LogP contribution is 2.33. The third-order valence-corrected chi connectivity index (χ3v) is 4.42. The first kappa shape index (κ1) is 14.7. The van der Waals surface area contributed by atoms with E-state index in [1.807, 2.05) is 4.72 Å². The van der Waals surface area contributed by atoms with E-state index in [0.717, 1.165) is 0 Å². The maximum atomic E-state index is 12.3. The van der Waals surface area contributed by atoms with Crippen molar-refractivity contribution in [3.63, 3.8) is 0 Å². The highest BCUT2D eigenvalue weighted by molar-refractivity contribution is 7.90. The second-order valence-corrected chi connectivity index (χ2v) is 6.15. The topological polar surface area (TPSA) is 55.4 Å². The van der Waals surface area contributed by atoms with E-state index in [1.165, 1.54) is 0 Å². The summed E-state index contributed by atoms with van der Waals surface area (Å²) in [7, 11) is -5.31. The van der Waals surface area contributed by atoms with Crippen LogP contribution >= 0.6 is 0 Å². The van der Waals surface area contributed by atoms with E-state index in [4.69, 9.17) is 4.74 Å². The minimum Gasteiger partial charge on any atom is -0.381 e. The first-order valence-corrected chi connectivity index (χ1v) is 6.77. The van der Waals surface area contributed by atoms with Crippen molar-refractivity contribution in [1.29, 1.82) is 0 Å². The Morgan fingerprint density at radius 2 is 1.71 bits per heavy atom. The lowest BCUT2D eigenvalue weighted by Gasteiger charge is -2.41. The number of nitrogens with one attached hydrogen (secondary N) is 1. The van der Waals surface area contributed by atoms with Gasteiger partial charge in [0, 0.05) is 18.8 Å². The largest absolute Gasteiger partial charge is 0.511 e. The van der Waals surface area contributed by atoms with Gasteiger partial charge in [-0.1, -0.05) is 13.8 Å². The Balaban J connectivity index is 2.96. The number of halogens is 3. The highest BCUT2D eigenvalue weighted by Gasteiger charge is 2.51. The van der Waals surface area contributed by atoms with Gasteiger partial charge in [0.1, 0.15) is 0 Å². The van der Waals surface area contributed by atoms with Crippen molar-refractivity contribution in [2.75, 3.05) is 13.2 Å². The molecule has 1 aliphatic rings. The minimum absolute atomic E-state index is 0.233. The van der Waals surface area contributed by atoms with Gasteiger partial charge in [0.25, 0.3) is 0 Å². The minimum atomic E-state index is -5.31. The summed E-state index contributed by atoms with van der Waals surface area (Å²) < 4.78 is 66.2. The molecule has 1 heterocycles. The molecule has 1 rings (SSSR count). The molecule has 8 heteroatoms. The van der Waals surface area contributed by atoms with E-state index in [2.05, 4.69) is 0 Å². The zero-order valence-electron chi connectivity index (χ0n) is 9.67. The van der Waals surface area contributed by atoms with Crippen molar-refractivity contribution in [2.45, 2.75) is 37.7 Å². The monoisotopic (exact) mass is 275 g/mol. The van der Waals surface area contributed by atoms with Crippen molar-refractivity contribution in [3.8, 4) is 0 Å². The van der Waals surface area contributed by atoms with E-state index in [-0.39, 0.29) is 32.0 Å². The molecule has 0 aromatic carbocycles. The Morgan fingerprint density at radius 1 is 1.24 bits per heavy atom. The Bertz CT molecular complexity index is 358. The van der Waals surface area contributed by atoms with Gasteiger partial charge in [-0.3, -0.25) is 0 Å². The van der Waals surface area contributed by atoms with Crippen LogP contribution in [0.3, 0.4) is 0 Å². The van der Waals surface area contributed by atoms with Crippen LogP contribution in [0.15, 0.2) is 0 Å². The van der Waals surface area contributed by atoms with Crippen molar-refractivity contribution < 1.29 is 26.3 Å². The first-order valence-electron chi connectivity index (χ1n) is 5.29.